The standard InChI is InChI=1S/C9H6ClN3/c10-9-12-7-4-2-1-3-6(7)8(5-11)13-9/h1-5,11H. The molecule has 0 aliphatic carbocycles. The van der Waals surface area contributed by atoms with Crippen molar-refractivity contribution in [1.82, 2.24) is 9.97 Å². The van der Waals surface area contributed by atoms with Gasteiger partial charge in [-0.05, 0) is 17.7 Å². The highest BCUT2D eigenvalue weighted by molar-refractivity contribution is 6.28. The molecular weight excluding hydrogens is 186 g/mol. The second kappa shape index (κ2) is 3.11. The molecular formula is C9H6ClN3. The molecule has 1 N–H and O–H groups in total. The molecule has 3 nitrogen and oxygen atoms in total. The Kier molecular flexibility index (Phi) is 1.94. The van der Waals surface area contributed by atoms with E-state index in [9.17, 15) is 0 Å². The van der Waals surface area contributed by atoms with Crippen LogP contribution in [0.15, 0.2) is 24.3 Å². The molecule has 0 spiro atoms. The van der Waals surface area contributed by atoms with E-state index in [0.717, 1.165) is 10.9 Å². The molecule has 0 amide bonds. The van der Waals surface area contributed by atoms with Gasteiger partial charge in [0.05, 0.1) is 11.2 Å². The molecule has 0 saturated carbocycles. The molecule has 13 heavy (non-hydrogen) atoms. The van der Waals surface area contributed by atoms with Gasteiger partial charge in [0.15, 0.2) is 0 Å². The predicted octanol–water partition coefficient (Wildman–Crippen LogP) is 2.28. The fourth-order valence-corrected chi connectivity index (χ4v) is 1.36. The van der Waals surface area contributed by atoms with Gasteiger partial charge in [-0.2, -0.15) is 0 Å². The van der Waals surface area contributed by atoms with Crippen LogP contribution in [-0.4, -0.2) is 16.2 Å². The van der Waals surface area contributed by atoms with Crippen LogP contribution in [0, 0.1) is 5.41 Å². The highest BCUT2D eigenvalue weighted by Crippen LogP contribution is 2.15. The number of benzene rings is 1. The minimum absolute atomic E-state index is 0.178. The zero-order chi connectivity index (χ0) is 9.26. The number of rotatable bonds is 1. The highest BCUT2D eigenvalue weighted by atomic mass is 35.5. The fraction of sp³-hybridized carbons (Fsp3) is 0. The molecule has 0 fully saturated rings. The first-order valence-corrected chi connectivity index (χ1v) is 4.12. The fourth-order valence-electron chi connectivity index (χ4n) is 1.18. The lowest BCUT2D eigenvalue weighted by Gasteiger charge is -1.99. The zero-order valence-electron chi connectivity index (χ0n) is 6.66. The molecule has 2 rings (SSSR count). The molecule has 0 radical (unpaired) electrons. The Hall–Kier alpha value is -1.48. The molecule has 1 aromatic heterocycles. The smallest absolute Gasteiger partial charge is 0.223 e. The first-order chi connectivity index (χ1) is 6.31. The number of halogens is 1. The lowest BCUT2D eigenvalue weighted by Crippen LogP contribution is -1.92. The lowest BCUT2D eigenvalue weighted by atomic mass is 10.2. The molecule has 4 heteroatoms. The van der Waals surface area contributed by atoms with Crippen LogP contribution in [-0.2, 0) is 0 Å². The molecule has 0 saturated heterocycles. The van der Waals surface area contributed by atoms with Crippen molar-refractivity contribution in [3.05, 3.63) is 35.2 Å². The van der Waals surface area contributed by atoms with Crippen LogP contribution in [0.25, 0.3) is 10.9 Å². The van der Waals surface area contributed by atoms with Crippen LogP contribution in [0.4, 0.5) is 0 Å². The monoisotopic (exact) mass is 191 g/mol. The van der Waals surface area contributed by atoms with Crippen LogP contribution in [0.5, 0.6) is 0 Å². The normalized spacial score (nSPS) is 10.2. The topological polar surface area (TPSA) is 49.6 Å². The third-order valence-electron chi connectivity index (χ3n) is 1.74. The number of aromatic nitrogens is 2. The van der Waals surface area contributed by atoms with Crippen LogP contribution >= 0.6 is 11.6 Å². The van der Waals surface area contributed by atoms with Crippen molar-refractivity contribution in [1.29, 1.82) is 5.41 Å². The number of hydrogen-bond donors (Lipinski definition) is 1. The van der Waals surface area contributed by atoms with Crippen molar-refractivity contribution >= 4 is 28.7 Å². The Balaban J connectivity index is 2.89. The number of nitrogens with zero attached hydrogens (tertiary/aromatic N) is 2. The molecule has 64 valence electrons. The van der Waals surface area contributed by atoms with Crippen LogP contribution in [0.1, 0.15) is 5.69 Å². The van der Waals surface area contributed by atoms with E-state index in [1.807, 2.05) is 24.3 Å². The van der Waals surface area contributed by atoms with E-state index in [4.69, 9.17) is 17.0 Å². The number of para-hydroxylation sites is 1. The highest BCUT2D eigenvalue weighted by Gasteiger charge is 2.02. The van der Waals surface area contributed by atoms with Gasteiger partial charge in [-0.3, -0.25) is 0 Å². The van der Waals surface area contributed by atoms with Gasteiger partial charge in [-0.15, -0.1) is 0 Å². The Bertz CT molecular complexity index is 467. The van der Waals surface area contributed by atoms with Crippen LogP contribution < -0.4 is 0 Å². The summed E-state index contributed by atoms with van der Waals surface area (Å²) in [6, 6.07) is 7.47. The minimum Gasteiger partial charge on any atom is -0.306 e. The van der Waals surface area contributed by atoms with Crippen molar-refractivity contribution in [2.24, 2.45) is 0 Å². The van der Waals surface area contributed by atoms with E-state index in [2.05, 4.69) is 9.97 Å². The third kappa shape index (κ3) is 1.38. The summed E-state index contributed by atoms with van der Waals surface area (Å²) in [5.41, 5.74) is 1.32. The first kappa shape index (κ1) is 8.13. The number of hydrogen-bond acceptors (Lipinski definition) is 3. The summed E-state index contributed by atoms with van der Waals surface area (Å²) in [7, 11) is 0. The summed E-state index contributed by atoms with van der Waals surface area (Å²) in [6.45, 7) is 0. The number of fused-ring (bicyclic) bond motifs is 1. The van der Waals surface area contributed by atoms with E-state index in [1.165, 1.54) is 6.21 Å². The maximum absolute atomic E-state index is 7.15. The quantitative estimate of drug-likeness (QED) is 0.555. The Morgan fingerprint density at radius 2 is 2.00 bits per heavy atom. The molecule has 1 aromatic carbocycles. The van der Waals surface area contributed by atoms with Crippen molar-refractivity contribution in [2.45, 2.75) is 0 Å². The van der Waals surface area contributed by atoms with Crippen molar-refractivity contribution in [3.63, 3.8) is 0 Å². The molecule has 2 aromatic rings. The summed E-state index contributed by atoms with van der Waals surface area (Å²) in [5, 5.41) is 8.18. The van der Waals surface area contributed by atoms with Gasteiger partial charge >= 0.3 is 0 Å². The summed E-state index contributed by atoms with van der Waals surface area (Å²) < 4.78 is 0. The van der Waals surface area contributed by atoms with Gasteiger partial charge in [0.2, 0.25) is 5.28 Å². The van der Waals surface area contributed by atoms with E-state index >= 15 is 0 Å². The Labute approximate surface area is 79.9 Å². The maximum Gasteiger partial charge on any atom is 0.223 e. The molecule has 0 unspecified atom stereocenters. The third-order valence-corrected chi connectivity index (χ3v) is 1.91. The maximum atomic E-state index is 7.15. The molecule has 1 heterocycles. The van der Waals surface area contributed by atoms with E-state index < -0.39 is 0 Å². The van der Waals surface area contributed by atoms with Gasteiger partial charge in [-0.25, -0.2) is 9.97 Å². The Morgan fingerprint density at radius 1 is 1.23 bits per heavy atom. The minimum atomic E-state index is 0.178. The molecule has 0 atom stereocenters. The largest absolute Gasteiger partial charge is 0.306 e. The summed E-state index contributed by atoms with van der Waals surface area (Å²) in [4.78, 5) is 7.97. The van der Waals surface area contributed by atoms with Gasteiger partial charge in [0, 0.05) is 11.6 Å². The van der Waals surface area contributed by atoms with Gasteiger partial charge < -0.3 is 5.41 Å². The SMILES string of the molecule is N=Cc1nc(Cl)nc2ccccc12. The van der Waals surface area contributed by atoms with E-state index in [-0.39, 0.29) is 5.28 Å². The first-order valence-electron chi connectivity index (χ1n) is 3.74. The molecule has 0 aliphatic rings. The van der Waals surface area contributed by atoms with Crippen molar-refractivity contribution in [3.8, 4) is 0 Å². The van der Waals surface area contributed by atoms with Gasteiger partial charge in [0.25, 0.3) is 0 Å². The Morgan fingerprint density at radius 3 is 2.77 bits per heavy atom. The van der Waals surface area contributed by atoms with Crippen LogP contribution in [0.3, 0.4) is 0 Å². The van der Waals surface area contributed by atoms with Gasteiger partial charge in [0.1, 0.15) is 0 Å². The van der Waals surface area contributed by atoms with E-state index in [1.54, 1.807) is 0 Å². The van der Waals surface area contributed by atoms with E-state index in [0.29, 0.717) is 5.69 Å². The lowest BCUT2D eigenvalue weighted by molar-refractivity contribution is 1.21. The predicted molar refractivity (Wildman–Crippen MR) is 52.4 cm³/mol. The molecule has 0 aliphatic heterocycles. The zero-order valence-corrected chi connectivity index (χ0v) is 7.42. The number of nitrogens with one attached hydrogen (secondary N) is 1. The van der Waals surface area contributed by atoms with Crippen LogP contribution in [0.2, 0.25) is 5.28 Å². The summed E-state index contributed by atoms with van der Waals surface area (Å²) in [6.07, 6.45) is 1.18. The molecule has 0 bridgehead atoms. The summed E-state index contributed by atoms with van der Waals surface area (Å²) in [5.74, 6) is 0. The second-order valence-corrected chi connectivity index (χ2v) is 2.88. The second-order valence-electron chi connectivity index (χ2n) is 2.54. The summed E-state index contributed by atoms with van der Waals surface area (Å²) >= 11 is 5.68. The van der Waals surface area contributed by atoms with Crippen molar-refractivity contribution < 1.29 is 0 Å². The van der Waals surface area contributed by atoms with Crippen molar-refractivity contribution in [2.75, 3.05) is 0 Å². The average Bonchev–Trinajstić information content (AvgIpc) is 2.16. The average molecular weight is 192 g/mol. The van der Waals surface area contributed by atoms with Gasteiger partial charge in [-0.1, -0.05) is 18.2 Å².